The number of benzene rings is 1. The van der Waals surface area contributed by atoms with Gasteiger partial charge in [0.05, 0.1) is 5.52 Å². The van der Waals surface area contributed by atoms with Crippen LogP contribution in [0.25, 0.3) is 10.9 Å². The van der Waals surface area contributed by atoms with Crippen molar-refractivity contribution in [1.82, 2.24) is 15.2 Å². The molecule has 1 aromatic heterocycles. The number of pyridine rings is 1. The summed E-state index contributed by atoms with van der Waals surface area (Å²) >= 11 is 0. The minimum absolute atomic E-state index is 0.694. The van der Waals surface area contributed by atoms with Crippen molar-refractivity contribution in [2.45, 2.75) is 32.4 Å². The molecule has 1 fully saturated rings. The fourth-order valence-electron chi connectivity index (χ4n) is 3.09. The Hall–Kier alpha value is -1.45. The van der Waals surface area contributed by atoms with Crippen molar-refractivity contribution >= 4 is 10.9 Å². The Balaban J connectivity index is 1.78. The number of hydrogen-bond donors (Lipinski definition) is 1. The third kappa shape index (κ3) is 3.00. The summed E-state index contributed by atoms with van der Waals surface area (Å²) in [6.45, 7) is 6.78. The first-order valence-electron chi connectivity index (χ1n) is 7.65. The van der Waals surface area contributed by atoms with Gasteiger partial charge in [-0.05, 0) is 49.7 Å². The van der Waals surface area contributed by atoms with Gasteiger partial charge in [-0.1, -0.05) is 19.1 Å². The first kappa shape index (κ1) is 13.5. The zero-order valence-corrected chi connectivity index (χ0v) is 12.2. The van der Waals surface area contributed by atoms with Crippen LogP contribution in [0.1, 0.15) is 25.3 Å². The van der Waals surface area contributed by atoms with E-state index in [2.05, 4.69) is 46.4 Å². The Bertz CT molecular complexity index is 561. The highest BCUT2D eigenvalue weighted by atomic mass is 15.2. The summed E-state index contributed by atoms with van der Waals surface area (Å²) in [6, 6.07) is 11.5. The van der Waals surface area contributed by atoms with E-state index in [1.807, 2.05) is 12.3 Å². The van der Waals surface area contributed by atoms with Crippen LogP contribution in [0, 0.1) is 0 Å². The molecular weight excluding hydrogens is 246 g/mol. The summed E-state index contributed by atoms with van der Waals surface area (Å²) in [5.74, 6) is 0. The molecule has 3 heteroatoms. The van der Waals surface area contributed by atoms with E-state index in [1.54, 1.807) is 0 Å². The summed E-state index contributed by atoms with van der Waals surface area (Å²) in [4.78, 5) is 7.01. The molecule has 0 radical (unpaired) electrons. The first-order chi connectivity index (χ1) is 9.86. The summed E-state index contributed by atoms with van der Waals surface area (Å²) < 4.78 is 0. The van der Waals surface area contributed by atoms with E-state index in [1.165, 1.54) is 30.3 Å². The molecule has 0 amide bonds. The van der Waals surface area contributed by atoms with Crippen molar-refractivity contribution in [1.29, 1.82) is 0 Å². The van der Waals surface area contributed by atoms with Gasteiger partial charge in [-0.15, -0.1) is 0 Å². The Labute approximate surface area is 121 Å². The fourth-order valence-corrected chi connectivity index (χ4v) is 3.09. The van der Waals surface area contributed by atoms with Crippen LogP contribution in [0.2, 0.25) is 0 Å². The molecule has 2 aromatic rings. The number of hydrogen-bond acceptors (Lipinski definition) is 3. The topological polar surface area (TPSA) is 28.2 Å². The Morgan fingerprint density at radius 3 is 3.10 bits per heavy atom. The molecular formula is C17H23N3. The lowest BCUT2D eigenvalue weighted by molar-refractivity contribution is 0.199. The van der Waals surface area contributed by atoms with Crippen LogP contribution in [0.15, 0.2) is 36.5 Å². The van der Waals surface area contributed by atoms with Crippen LogP contribution < -0.4 is 5.32 Å². The van der Waals surface area contributed by atoms with E-state index >= 15 is 0 Å². The number of fused-ring (bicyclic) bond motifs is 1. The predicted octanol–water partition coefficient (Wildman–Crippen LogP) is 2.81. The first-order valence-corrected chi connectivity index (χ1v) is 7.65. The molecule has 0 aliphatic carbocycles. The van der Waals surface area contributed by atoms with Gasteiger partial charge in [0.25, 0.3) is 0 Å². The molecule has 2 heterocycles. The van der Waals surface area contributed by atoms with Crippen LogP contribution in [0.4, 0.5) is 0 Å². The SMILES string of the molecule is CCCN(Cc1ccc2ncccc2c1)C1CCNC1. The molecule has 0 spiro atoms. The van der Waals surface area contributed by atoms with Gasteiger partial charge in [-0.25, -0.2) is 0 Å². The van der Waals surface area contributed by atoms with Gasteiger partial charge < -0.3 is 5.32 Å². The maximum absolute atomic E-state index is 4.39. The second kappa shape index (κ2) is 6.33. The molecule has 106 valence electrons. The van der Waals surface area contributed by atoms with Crippen molar-refractivity contribution in [3.05, 3.63) is 42.1 Å². The molecule has 20 heavy (non-hydrogen) atoms. The van der Waals surface area contributed by atoms with Crippen LogP contribution in [0.3, 0.4) is 0 Å². The lowest BCUT2D eigenvalue weighted by Gasteiger charge is -2.28. The molecule has 1 atom stereocenters. The van der Waals surface area contributed by atoms with Crippen molar-refractivity contribution in [3.8, 4) is 0 Å². The fraction of sp³-hybridized carbons (Fsp3) is 0.471. The van der Waals surface area contributed by atoms with Gasteiger partial charge in [0.2, 0.25) is 0 Å². The summed E-state index contributed by atoms with van der Waals surface area (Å²) in [7, 11) is 0. The normalized spacial score (nSPS) is 19.0. The Morgan fingerprint density at radius 2 is 2.30 bits per heavy atom. The third-order valence-electron chi connectivity index (χ3n) is 4.11. The lowest BCUT2D eigenvalue weighted by Crippen LogP contribution is -2.36. The summed E-state index contributed by atoms with van der Waals surface area (Å²) in [5.41, 5.74) is 2.48. The van der Waals surface area contributed by atoms with Crippen LogP contribution >= 0.6 is 0 Å². The van der Waals surface area contributed by atoms with Crippen LogP contribution in [0.5, 0.6) is 0 Å². The zero-order chi connectivity index (χ0) is 13.8. The minimum atomic E-state index is 0.694. The highest BCUT2D eigenvalue weighted by Crippen LogP contribution is 2.18. The quantitative estimate of drug-likeness (QED) is 0.904. The van der Waals surface area contributed by atoms with E-state index in [-0.39, 0.29) is 0 Å². The number of rotatable bonds is 5. The monoisotopic (exact) mass is 269 g/mol. The van der Waals surface area contributed by atoms with Crippen molar-refractivity contribution in [3.63, 3.8) is 0 Å². The maximum atomic E-state index is 4.39. The molecule has 0 bridgehead atoms. The lowest BCUT2D eigenvalue weighted by atomic mass is 10.1. The Morgan fingerprint density at radius 1 is 1.35 bits per heavy atom. The summed E-state index contributed by atoms with van der Waals surface area (Å²) in [6.07, 6.45) is 4.34. The third-order valence-corrected chi connectivity index (χ3v) is 4.11. The van der Waals surface area contributed by atoms with E-state index in [0.717, 1.165) is 25.2 Å². The zero-order valence-electron chi connectivity index (χ0n) is 12.2. The van der Waals surface area contributed by atoms with Crippen molar-refractivity contribution in [2.24, 2.45) is 0 Å². The molecule has 1 aliphatic heterocycles. The predicted molar refractivity (Wildman–Crippen MR) is 83.7 cm³/mol. The highest BCUT2D eigenvalue weighted by Gasteiger charge is 2.21. The van der Waals surface area contributed by atoms with E-state index in [9.17, 15) is 0 Å². The van der Waals surface area contributed by atoms with Gasteiger partial charge in [-0.3, -0.25) is 9.88 Å². The second-order valence-electron chi connectivity index (χ2n) is 5.65. The average Bonchev–Trinajstić information content (AvgIpc) is 3.01. The molecule has 3 rings (SSSR count). The molecule has 1 N–H and O–H groups in total. The average molecular weight is 269 g/mol. The van der Waals surface area contributed by atoms with Gasteiger partial charge in [0.15, 0.2) is 0 Å². The van der Waals surface area contributed by atoms with E-state index < -0.39 is 0 Å². The number of nitrogens with zero attached hydrogens (tertiary/aromatic N) is 2. The standard InChI is InChI=1S/C17H23N3/c1-2-10-20(16-7-9-18-12-16)13-14-5-6-17-15(11-14)4-3-8-19-17/h3-6,8,11,16,18H,2,7,9-10,12-13H2,1H3. The highest BCUT2D eigenvalue weighted by molar-refractivity contribution is 5.78. The van der Waals surface area contributed by atoms with Crippen molar-refractivity contribution in [2.75, 3.05) is 19.6 Å². The van der Waals surface area contributed by atoms with Gasteiger partial charge in [0.1, 0.15) is 0 Å². The van der Waals surface area contributed by atoms with E-state index in [4.69, 9.17) is 0 Å². The largest absolute Gasteiger partial charge is 0.315 e. The van der Waals surface area contributed by atoms with Crippen LogP contribution in [-0.4, -0.2) is 35.6 Å². The molecule has 1 unspecified atom stereocenters. The van der Waals surface area contributed by atoms with Gasteiger partial charge >= 0.3 is 0 Å². The van der Waals surface area contributed by atoms with Gasteiger partial charge in [-0.2, -0.15) is 0 Å². The maximum Gasteiger partial charge on any atom is 0.0702 e. The second-order valence-corrected chi connectivity index (χ2v) is 5.65. The smallest absolute Gasteiger partial charge is 0.0702 e. The van der Waals surface area contributed by atoms with E-state index in [0.29, 0.717) is 6.04 Å². The molecule has 1 aromatic carbocycles. The summed E-state index contributed by atoms with van der Waals surface area (Å²) in [5, 5.41) is 4.72. The minimum Gasteiger partial charge on any atom is -0.315 e. The van der Waals surface area contributed by atoms with Crippen molar-refractivity contribution < 1.29 is 0 Å². The number of aromatic nitrogens is 1. The molecule has 0 saturated carbocycles. The van der Waals surface area contributed by atoms with Crippen LogP contribution in [-0.2, 0) is 6.54 Å². The number of nitrogens with one attached hydrogen (secondary N) is 1. The molecule has 1 saturated heterocycles. The molecule has 1 aliphatic rings. The Kier molecular flexibility index (Phi) is 4.28. The van der Waals surface area contributed by atoms with Gasteiger partial charge in [0, 0.05) is 30.7 Å². The molecule has 3 nitrogen and oxygen atoms in total.